The molecule has 2 atom stereocenters. The molecule has 0 bridgehead atoms. The number of hydrogen-bond acceptors (Lipinski definition) is 2. The highest BCUT2D eigenvalue weighted by atomic mass is 35.5. The van der Waals surface area contributed by atoms with E-state index >= 15 is 0 Å². The minimum absolute atomic E-state index is 0.191. The minimum atomic E-state index is -0.982. The zero-order valence-electron chi connectivity index (χ0n) is 14.0. The third-order valence-electron chi connectivity index (χ3n) is 4.79. The molecule has 1 saturated heterocycles. The number of carbonyl (C=O) groups is 1. The van der Waals surface area contributed by atoms with Gasteiger partial charge >= 0.3 is 0 Å². The Balaban J connectivity index is 1.66. The first-order valence-electron chi connectivity index (χ1n) is 8.55. The van der Waals surface area contributed by atoms with Crippen LogP contribution in [0.5, 0.6) is 0 Å². The highest BCUT2D eigenvalue weighted by Crippen LogP contribution is 2.38. The van der Waals surface area contributed by atoms with Crippen LogP contribution in [-0.4, -0.2) is 17.1 Å². The van der Waals surface area contributed by atoms with Gasteiger partial charge in [-0.25, -0.2) is 0 Å². The topological polar surface area (TPSA) is 40.5 Å². The van der Waals surface area contributed by atoms with Crippen molar-refractivity contribution in [3.8, 4) is 11.1 Å². The molecule has 3 aromatic carbocycles. The van der Waals surface area contributed by atoms with Crippen molar-refractivity contribution in [3.63, 3.8) is 0 Å². The summed E-state index contributed by atoms with van der Waals surface area (Å²) in [6.07, 6.45) is -0.601. The van der Waals surface area contributed by atoms with Crippen LogP contribution < -0.4 is 4.90 Å². The molecule has 1 aliphatic rings. The standard InChI is InChI=1S/C22H18ClNO2/c23-18-10-12-19(13-11-18)24-20(14-21(25)22(24)26)17-8-6-16(7-9-17)15-4-2-1-3-5-15/h1-13,20-21,25H,14H2. The van der Waals surface area contributed by atoms with Gasteiger partial charge in [0.2, 0.25) is 0 Å². The number of hydrogen-bond donors (Lipinski definition) is 1. The summed E-state index contributed by atoms with van der Waals surface area (Å²) in [5, 5.41) is 10.7. The molecule has 4 heteroatoms. The number of aliphatic hydroxyl groups excluding tert-OH is 1. The van der Waals surface area contributed by atoms with Crippen molar-refractivity contribution >= 4 is 23.2 Å². The number of benzene rings is 3. The lowest BCUT2D eigenvalue weighted by molar-refractivity contribution is -0.124. The van der Waals surface area contributed by atoms with Gasteiger partial charge < -0.3 is 10.0 Å². The van der Waals surface area contributed by atoms with E-state index in [-0.39, 0.29) is 11.9 Å². The first-order chi connectivity index (χ1) is 12.6. The Hall–Kier alpha value is -2.62. The summed E-state index contributed by atoms with van der Waals surface area (Å²) in [5.41, 5.74) is 4.02. The SMILES string of the molecule is O=C1C(O)CC(c2ccc(-c3ccccc3)cc2)N1c1ccc(Cl)cc1. The van der Waals surface area contributed by atoms with E-state index in [9.17, 15) is 9.90 Å². The number of anilines is 1. The van der Waals surface area contributed by atoms with E-state index in [2.05, 4.69) is 24.3 Å². The number of nitrogens with zero attached hydrogens (tertiary/aromatic N) is 1. The summed E-state index contributed by atoms with van der Waals surface area (Å²) in [6, 6.07) is 25.3. The average Bonchev–Trinajstić information content (AvgIpc) is 2.98. The molecule has 26 heavy (non-hydrogen) atoms. The Labute approximate surface area is 157 Å². The summed E-state index contributed by atoms with van der Waals surface area (Å²) in [6.45, 7) is 0. The van der Waals surface area contributed by atoms with Crippen LogP contribution >= 0.6 is 11.6 Å². The zero-order valence-corrected chi connectivity index (χ0v) is 14.8. The molecule has 1 aliphatic heterocycles. The van der Waals surface area contributed by atoms with Gasteiger partial charge in [0.15, 0.2) is 0 Å². The molecular formula is C22H18ClNO2. The summed E-state index contributed by atoms with van der Waals surface area (Å²) in [7, 11) is 0. The molecule has 0 saturated carbocycles. The van der Waals surface area contributed by atoms with E-state index in [1.807, 2.05) is 42.5 Å². The van der Waals surface area contributed by atoms with Gasteiger partial charge in [0, 0.05) is 17.1 Å². The Bertz CT molecular complexity index is 907. The summed E-state index contributed by atoms with van der Waals surface area (Å²) < 4.78 is 0. The van der Waals surface area contributed by atoms with E-state index < -0.39 is 6.10 Å². The van der Waals surface area contributed by atoms with Crippen molar-refractivity contribution < 1.29 is 9.90 Å². The van der Waals surface area contributed by atoms with Crippen molar-refractivity contribution in [2.24, 2.45) is 0 Å². The number of amides is 1. The number of rotatable bonds is 3. The van der Waals surface area contributed by atoms with Crippen molar-refractivity contribution in [1.82, 2.24) is 0 Å². The highest BCUT2D eigenvalue weighted by Gasteiger charge is 2.40. The molecule has 1 N–H and O–H groups in total. The Morgan fingerprint density at radius 2 is 1.46 bits per heavy atom. The molecule has 0 aliphatic carbocycles. The lowest BCUT2D eigenvalue weighted by atomic mass is 9.99. The quantitative estimate of drug-likeness (QED) is 0.722. The van der Waals surface area contributed by atoms with Gasteiger partial charge in [-0.15, -0.1) is 0 Å². The molecule has 1 heterocycles. The predicted molar refractivity (Wildman–Crippen MR) is 104 cm³/mol. The van der Waals surface area contributed by atoms with Crippen LogP contribution in [0.25, 0.3) is 11.1 Å². The molecule has 0 aromatic heterocycles. The summed E-state index contributed by atoms with van der Waals surface area (Å²) in [4.78, 5) is 14.2. The van der Waals surface area contributed by atoms with Crippen molar-refractivity contribution in [3.05, 3.63) is 89.4 Å². The second-order valence-corrected chi connectivity index (χ2v) is 6.88. The molecule has 3 aromatic rings. The minimum Gasteiger partial charge on any atom is -0.383 e. The predicted octanol–water partition coefficient (Wildman–Crippen LogP) is 4.85. The molecule has 2 unspecified atom stereocenters. The van der Waals surface area contributed by atoms with Gasteiger partial charge in [-0.1, -0.05) is 66.2 Å². The third kappa shape index (κ3) is 3.12. The van der Waals surface area contributed by atoms with Crippen LogP contribution in [0.15, 0.2) is 78.9 Å². The van der Waals surface area contributed by atoms with Crippen LogP contribution in [0.3, 0.4) is 0 Å². The Kier molecular flexibility index (Phi) is 4.49. The zero-order chi connectivity index (χ0) is 18.1. The van der Waals surface area contributed by atoms with Gasteiger partial charge in [0.05, 0.1) is 6.04 Å². The monoisotopic (exact) mass is 363 g/mol. The molecule has 0 radical (unpaired) electrons. The van der Waals surface area contributed by atoms with Crippen molar-refractivity contribution in [1.29, 1.82) is 0 Å². The van der Waals surface area contributed by atoms with Crippen LogP contribution in [0.2, 0.25) is 5.02 Å². The van der Waals surface area contributed by atoms with Crippen LogP contribution in [0.1, 0.15) is 18.0 Å². The van der Waals surface area contributed by atoms with E-state index in [4.69, 9.17) is 11.6 Å². The van der Waals surface area contributed by atoms with Gasteiger partial charge in [0.25, 0.3) is 5.91 Å². The highest BCUT2D eigenvalue weighted by molar-refractivity contribution is 6.30. The van der Waals surface area contributed by atoms with Gasteiger partial charge in [-0.05, 0) is 41.0 Å². The lowest BCUT2D eigenvalue weighted by Gasteiger charge is -2.25. The molecule has 0 spiro atoms. The maximum absolute atomic E-state index is 12.5. The lowest BCUT2D eigenvalue weighted by Crippen LogP contribution is -2.30. The maximum atomic E-state index is 12.5. The summed E-state index contributed by atoms with van der Waals surface area (Å²) >= 11 is 5.96. The second-order valence-electron chi connectivity index (χ2n) is 6.44. The van der Waals surface area contributed by atoms with Crippen molar-refractivity contribution in [2.75, 3.05) is 4.90 Å². The first kappa shape index (κ1) is 16.8. The molecule has 4 rings (SSSR count). The van der Waals surface area contributed by atoms with Crippen molar-refractivity contribution in [2.45, 2.75) is 18.6 Å². The van der Waals surface area contributed by atoms with Gasteiger partial charge in [-0.3, -0.25) is 4.79 Å². The first-order valence-corrected chi connectivity index (χ1v) is 8.93. The molecule has 1 amide bonds. The second kappa shape index (κ2) is 6.94. The normalized spacial score (nSPS) is 19.8. The Morgan fingerprint density at radius 1 is 0.846 bits per heavy atom. The molecule has 130 valence electrons. The van der Waals surface area contributed by atoms with Crippen LogP contribution in [-0.2, 0) is 4.79 Å². The fourth-order valence-corrected chi connectivity index (χ4v) is 3.58. The van der Waals surface area contributed by atoms with Crippen LogP contribution in [0, 0.1) is 0 Å². The van der Waals surface area contributed by atoms with Crippen LogP contribution in [0.4, 0.5) is 5.69 Å². The fraction of sp³-hybridized carbons (Fsp3) is 0.136. The van der Waals surface area contributed by atoms with E-state index in [0.29, 0.717) is 11.4 Å². The van der Waals surface area contributed by atoms with Gasteiger partial charge in [0.1, 0.15) is 6.10 Å². The number of carbonyl (C=O) groups excluding carboxylic acids is 1. The molecule has 1 fully saturated rings. The molecular weight excluding hydrogens is 346 g/mol. The smallest absolute Gasteiger partial charge is 0.256 e. The fourth-order valence-electron chi connectivity index (χ4n) is 3.45. The van der Waals surface area contributed by atoms with E-state index in [1.165, 1.54) is 0 Å². The maximum Gasteiger partial charge on any atom is 0.256 e. The molecule has 3 nitrogen and oxygen atoms in total. The number of halogens is 1. The largest absolute Gasteiger partial charge is 0.383 e. The average molecular weight is 364 g/mol. The van der Waals surface area contributed by atoms with Gasteiger partial charge in [-0.2, -0.15) is 0 Å². The Morgan fingerprint density at radius 3 is 2.12 bits per heavy atom. The number of aliphatic hydroxyl groups is 1. The summed E-state index contributed by atoms with van der Waals surface area (Å²) in [5.74, 6) is -0.274. The van der Waals surface area contributed by atoms with E-state index in [1.54, 1.807) is 17.0 Å². The third-order valence-corrected chi connectivity index (χ3v) is 5.04. The van der Waals surface area contributed by atoms with E-state index in [0.717, 1.165) is 22.4 Å².